The van der Waals surface area contributed by atoms with Crippen molar-refractivity contribution >= 4 is 45.7 Å². The summed E-state index contributed by atoms with van der Waals surface area (Å²) in [7, 11) is 1.32. The molecule has 0 spiro atoms. The number of carbonyl (C=O) groups excluding carboxylic acids is 3. The Morgan fingerprint density at radius 2 is 1.74 bits per heavy atom. The van der Waals surface area contributed by atoms with E-state index in [1.165, 1.54) is 12.0 Å². The number of nitrogens with zero attached hydrogens (tertiary/aromatic N) is 1. The van der Waals surface area contributed by atoms with Crippen LogP contribution in [-0.4, -0.2) is 29.1 Å². The highest BCUT2D eigenvalue weighted by molar-refractivity contribution is 8.18. The molecule has 0 unspecified atom stereocenters. The third kappa shape index (κ3) is 4.02. The normalized spacial score (nSPS) is 14.9. The van der Waals surface area contributed by atoms with Gasteiger partial charge in [-0.2, -0.15) is 0 Å². The minimum absolute atomic E-state index is 0.194. The van der Waals surface area contributed by atoms with Crippen LogP contribution in [0.3, 0.4) is 0 Å². The number of amides is 2. The Kier molecular flexibility index (Phi) is 5.77. The van der Waals surface area contributed by atoms with Gasteiger partial charge in [0.1, 0.15) is 11.5 Å². The third-order valence-corrected chi connectivity index (χ3v) is 6.49. The first-order chi connectivity index (χ1) is 16.5. The molecule has 1 saturated heterocycles. The Labute approximate surface area is 199 Å². The van der Waals surface area contributed by atoms with E-state index in [0.717, 1.165) is 28.1 Å². The molecule has 6 nitrogen and oxygen atoms in total. The van der Waals surface area contributed by atoms with Gasteiger partial charge in [-0.3, -0.25) is 14.5 Å². The molecular weight excluding hydrogens is 450 g/mol. The second-order valence-electron chi connectivity index (χ2n) is 7.65. The number of fused-ring (bicyclic) bond motifs is 1. The summed E-state index contributed by atoms with van der Waals surface area (Å²) in [4.78, 5) is 39.3. The number of esters is 1. The van der Waals surface area contributed by atoms with Crippen LogP contribution in [0, 0.1) is 0 Å². The Balaban J connectivity index is 1.40. The number of imide groups is 1. The molecule has 0 saturated carbocycles. The zero-order valence-corrected chi connectivity index (χ0v) is 19.0. The van der Waals surface area contributed by atoms with Gasteiger partial charge in [0, 0.05) is 11.6 Å². The molecule has 0 atom stereocenters. The van der Waals surface area contributed by atoms with Crippen LogP contribution in [0.2, 0.25) is 0 Å². The van der Waals surface area contributed by atoms with Crippen LogP contribution >= 0.6 is 11.8 Å². The number of rotatable bonds is 5. The highest BCUT2D eigenvalue weighted by atomic mass is 32.2. The zero-order chi connectivity index (χ0) is 23.7. The van der Waals surface area contributed by atoms with Crippen molar-refractivity contribution < 1.29 is 23.5 Å². The molecule has 34 heavy (non-hydrogen) atoms. The van der Waals surface area contributed by atoms with Crippen LogP contribution in [0.5, 0.6) is 0 Å². The Bertz CT molecular complexity index is 1460. The van der Waals surface area contributed by atoms with E-state index in [1.807, 2.05) is 42.5 Å². The minimum atomic E-state index is -0.469. The maximum Gasteiger partial charge on any atom is 0.338 e. The van der Waals surface area contributed by atoms with Crippen molar-refractivity contribution in [2.45, 2.75) is 6.54 Å². The van der Waals surface area contributed by atoms with Gasteiger partial charge < -0.3 is 9.15 Å². The largest absolute Gasteiger partial charge is 0.465 e. The molecule has 2 heterocycles. The van der Waals surface area contributed by atoms with Crippen molar-refractivity contribution in [1.29, 1.82) is 0 Å². The van der Waals surface area contributed by atoms with Crippen molar-refractivity contribution in [2.75, 3.05) is 7.11 Å². The standard InChI is InChI=1S/C27H19NO5S/c1-32-26(30)22-12-5-4-11-21(22)23-14-13-19(33-23)15-24-25(29)28(27(31)34-24)16-18-9-6-8-17-7-2-3-10-20(17)18/h2-15H,16H2,1H3/b24-15+. The molecule has 0 radical (unpaired) electrons. The summed E-state index contributed by atoms with van der Waals surface area (Å²) in [5.41, 5.74) is 1.86. The van der Waals surface area contributed by atoms with Gasteiger partial charge in [0.05, 0.1) is 24.1 Å². The molecule has 2 amide bonds. The van der Waals surface area contributed by atoms with Gasteiger partial charge >= 0.3 is 5.97 Å². The lowest BCUT2D eigenvalue weighted by Crippen LogP contribution is -2.27. The minimum Gasteiger partial charge on any atom is -0.465 e. The van der Waals surface area contributed by atoms with Gasteiger partial charge in [-0.05, 0) is 46.3 Å². The summed E-state index contributed by atoms with van der Waals surface area (Å²) in [6.07, 6.45) is 1.55. The van der Waals surface area contributed by atoms with Crippen LogP contribution in [0.4, 0.5) is 4.79 Å². The first kappa shape index (κ1) is 21.7. The van der Waals surface area contributed by atoms with Gasteiger partial charge in [0.2, 0.25) is 0 Å². The number of carbonyl (C=O) groups is 3. The molecule has 0 bridgehead atoms. The number of thioether (sulfide) groups is 1. The van der Waals surface area contributed by atoms with Crippen LogP contribution in [0.25, 0.3) is 28.2 Å². The number of benzene rings is 3. The maximum atomic E-state index is 13.0. The highest BCUT2D eigenvalue weighted by Gasteiger charge is 2.35. The maximum absolute atomic E-state index is 13.0. The second kappa shape index (κ2) is 9.03. The lowest BCUT2D eigenvalue weighted by atomic mass is 10.0. The summed E-state index contributed by atoms with van der Waals surface area (Å²) < 4.78 is 10.7. The lowest BCUT2D eigenvalue weighted by molar-refractivity contribution is -0.123. The molecule has 0 aliphatic carbocycles. The van der Waals surface area contributed by atoms with Crippen molar-refractivity contribution in [3.8, 4) is 11.3 Å². The number of hydrogen-bond donors (Lipinski definition) is 0. The molecule has 1 aromatic heterocycles. The molecule has 168 valence electrons. The topological polar surface area (TPSA) is 76.8 Å². The zero-order valence-electron chi connectivity index (χ0n) is 18.2. The molecule has 1 aliphatic heterocycles. The monoisotopic (exact) mass is 469 g/mol. The summed E-state index contributed by atoms with van der Waals surface area (Å²) in [5, 5.41) is 1.73. The molecule has 7 heteroatoms. The molecule has 0 N–H and O–H groups in total. The van der Waals surface area contributed by atoms with Crippen LogP contribution in [-0.2, 0) is 16.1 Å². The van der Waals surface area contributed by atoms with Crippen molar-refractivity contribution in [2.24, 2.45) is 0 Å². The Hall–Kier alpha value is -4.10. The predicted octanol–water partition coefficient (Wildman–Crippen LogP) is 6.12. The van der Waals surface area contributed by atoms with Crippen LogP contribution < -0.4 is 0 Å². The number of furan rings is 1. The molecular formula is C27H19NO5S. The summed E-state index contributed by atoms with van der Waals surface area (Å²) in [5.74, 6) is 0.0338. The SMILES string of the molecule is COC(=O)c1ccccc1-c1ccc(/C=C2/SC(=O)N(Cc3cccc4ccccc34)C2=O)o1. The van der Waals surface area contributed by atoms with Gasteiger partial charge in [0.15, 0.2) is 0 Å². The first-order valence-corrected chi connectivity index (χ1v) is 11.4. The van der Waals surface area contributed by atoms with Crippen molar-refractivity contribution in [3.63, 3.8) is 0 Å². The van der Waals surface area contributed by atoms with Gasteiger partial charge in [-0.15, -0.1) is 0 Å². The average Bonchev–Trinajstić information content (AvgIpc) is 3.44. The van der Waals surface area contributed by atoms with Crippen LogP contribution in [0.1, 0.15) is 21.7 Å². The van der Waals surface area contributed by atoms with E-state index in [0.29, 0.717) is 22.6 Å². The quantitative estimate of drug-likeness (QED) is 0.259. The molecule has 1 aliphatic rings. The van der Waals surface area contributed by atoms with Gasteiger partial charge in [-0.1, -0.05) is 60.7 Å². The summed E-state index contributed by atoms with van der Waals surface area (Å²) in [6.45, 7) is 0.194. The Morgan fingerprint density at radius 3 is 2.59 bits per heavy atom. The van der Waals surface area contributed by atoms with Gasteiger partial charge in [-0.25, -0.2) is 4.79 Å². The van der Waals surface area contributed by atoms with E-state index >= 15 is 0 Å². The number of ether oxygens (including phenoxy) is 1. The Morgan fingerprint density at radius 1 is 0.971 bits per heavy atom. The number of methoxy groups -OCH3 is 1. The van der Waals surface area contributed by atoms with E-state index in [-0.39, 0.29) is 22.6 Å². The first-order valence-electron chi connectivity index (χ1n) is 10.5. The molecule has 1 fully saturated rings. The smallest absolute Gasteiger partial charge is 0.338 e. The van der Waals surface area contributed by atoms with E-state index < -0.39 is 5.97 Å². The van der Waals surface area contributed by atoms with Gasteiger partial charge in [0.25, 0.3) is 11.1 Å². The highest BCUT2D eigenvalue weighted by Crippen LogP contribution is 2.35. The fourth-order valence-corrected chi connectivity index (χ4v) is 4.75. The van der Waals surface area contributed by atoms with Crippen LogP contribution in [0.15, 0.2) is 88.2 Å². The van der Waals surface area contributed by atoms with E-state index in [2.05, 4.69) is 0 Å². The second-order valence-corrected chi connectivity index (χ2v) is 8.64. The molecule has 3 aromatic carbocycles. The molecule has 5 rings (SSSR count). The predicted molar refractivity (Wildman–Crippen MR) is 131 cm³/mol. The fraction of sp³-hybridized carbons (Fsp3) is 0.0741. The summed E-state index contributed by atoms with van der Waals surface area (Å²) >= 11 is 0.882. The van der Waals surface area contributed by atoms with E-state index in [1.54, 1.807) is 42.5 Å². The molecule has 4 aromatic rings. The third-order valence-electron chi connectivity index (χ3n) is 5.58. The van der Waals surface area contributed by atoms with Crippen molar-refractivity contribution in [1.82, 2.24) is 4.90 Å². The average molecular weight is 470 g/mol. The van der Waals surface area contributed by atoms with Crippen molar-refractivity contribution in [3.05, 3.63) is 101 Å². The van der Waals surface area contributed by atoms with E-state index in [4.69, 9.17) is 9.15 Å². The lowest BCUT2D eigenvalue weighted by Gasteiger charge is -2.14. The summed E-state index contributed by atoms with van der Waals surface area (Å²) in [6, 6.07) is 24.1. The fourth-order valence-electron chi connectivity index (χ4n) is 3.93. The number of hydrogen-bond acceptors (Lipinski definition) is 6. The van der Waals surface area contributed by atoms with E-state index in [9.17, 15) is 14.4 Å².